The van der Waals surface area contributed by atoms with E-state index in [1.807, 2.05) is 44.0 Å². The number of aliphatic hydroxyl groups excluding tert-OH is 1. The summed E-state index contributed by atoms with van der Waals surface area (Å²) in [7, 11) is -1.06. The summed E-state index contributed by atoms with van der Waals surface area (Å²) in [5, 5.41) is 13.9. The van der Waals surface area contributed by atoms with Crippen LogP contribution < -0.4 is 11.0 Å². The molecule has 0 radical (unpaired) electrons. The van der Waals surface area contributed by atoms with Crippen LogP contribution in [0, 0.1) is 0 Å². The van der Waals surface area contributed by atoms with Crippen molar-refractivity contribution in [3.63, 3.8) is 0 Å². The molecule has 3 saturated heterocycles. The van der Waals surface area contributed by atoms with Crippen LogP contribution in [-0.4, -0.2) is 100 Å². The molecule has 3 aliphatic heterocycles. The summed E-state index contributed by atoms with van der Waals surface area (Å²) in [6.45, 7) is 4.86. The van der Waals surface area contributed by atoms with Crippen molar-refractivity contribution in [2.45, 2.75) is 82.3 Å². The Balaban J connectivity index is 1.21. The fraction of sp³-hybridized carbons (Fsp3) is 0.692. The van der Waals surface area contributed by atoms with Crippen LogP contribution in [0.3, 0.4) is 0 Å². The van der Waals surface area contributed by atoms with Crippen LogP contribution >= 0.6 is 0 Å². The number of nitrogens with one attached hydrogen (secondary N) is 1. The molecule has 204 valence electrons. The Morgan fingerprint density at radius 2 is 1.78 bits per heavy atom. The van der Waals surface area contributed by atoms with E-state index in [0.29, 0.717) is 25.0 Å². The molecule has 1 aromatic heterocycles. The van der Waals surface area contributed by atoms with Crippen molar-refractivity contribution in [2.75, 3.05) is 31.6 Å². The van der Waals surface area contributed by atoms with Gasteiger partial charge in [0.1, 0.15) is 0 Å². The number of hydrogen-bond acceptors (Lipinski definition) is 7. The Morgan fingerprint density at radius 3 is 2.38 bits per heavy atom. The molecule has 2 aromatic rings. The van der Waals surface area contributed by atoms with E-state index in [0.717, 1.165) is 31.2 Å². The molecule has 0 spiro atoms. The summed E-state index contributed by atoms with van der Waals surface area (Å²) in [5.41, 5.74) is 1.04. The van der Waals surface area contributed by atoms with Gasteiger partial charge in [-0.1, -0.05) is 12.1 Å². The topological polar surface area (TPSA) is 117 Å². The van der Waals surface area contributed by atoms with Crippen molar-refractivity contribution < 1.29 is 18.3 Å². The molecular formula is C26H39N5O5S. The van der Waals surface area contributed by atoms with Crippen molar-refractivity contribution in [1.29, 1.82) is 0 Å². The maximum absolute atomic E-state index is 13.3. The summed E-state index contributed by atoms with van der Waals surface area (Å²) < 4.78 is 26.5. The number of sulfone groups is 1. The zero-order valence-electron chi connectivity index (χ0n) is 21.9. The predicted octanol–water partition coefficient (Wildman–Crippen LogP) is 1.42. The molecule has 2 bridgehead atoms. The highest BCUT2D eigenvalue weighted by Crippen LogP contribution is 2.36. The highest BCUT2D eigenvalue weighted by atomic mass is 32.2. The number of likely N-dealkylation sites (N-methyl/N-ethyl adjacent to an activating group) is 1. The quantitative estimate of drug-likeness (QED) is 0.553. The molecule has 11 heteroatoms. The average molecular weight is 534 g/mol. The van der Waals surface area contributed by atoms with Gasteiger partial charge in [-0.25, -0.2) is 22.6 Å². The molecule has 3 fully saturated rings. The minimum absolute atomic E-state index is 0.0256. The van der Waals surface area contributed by atoms with Crippen LogP contribution in [0.4, 0.5) is 4.79 Å². The molecule has 0 saturated carbocycles. The van der Waals surface area contributed by atoms with Crippen LogP contribution in [0.25, 0.3) is 11.0 Å². The number of amides is 1. The van der Waals surface area contributed by atoms with Crippen molar-refractivity contribution in [1.82, 2.24) is 24.3 Å². The number of fused-ring (bicyclic) bond motifs is 3. The van der Waals surface area contributed by atoms with Crippen LogP contribution in [-0.2, 0) is 9.84 Å². The van der Waals surface area contributed by atoms with Gasteiger partial charge in [-0.3, -0.25) is 14.4 Å². The van der Waals surface area contributed by atoms with Gasteiger partial charge in [0.2, 0.25) is 0 Å². The van der Waals surface area contributed by atoms with Gasteiger partial charge in [0.15, 0.2) is 9.84 Å². The first-order valence-corrected chi connectivity index (χ1v) is 15.2. The Hall–Kier alpha value is -2.21. The van der Waals surface area contributed by atoms with E-state index in [9.17, 15) is 23.1 Å². The lowest BCUT2D eigenvalue weighted by Crippen LogP contribution is -2.54. The highest BCUT2D eigenvalue weighted by molar-refractivity contribution is 7.91. The zero-order valence-corrected chi connectivity index (χ0v) is 22.7. The van der Waals surface area contributed by atoms with Gasteiger partial charge in [-0.2, -0.15) is 0 Å². The molecule has 10 nitrogen and oxygen atoms in total. The number of hydrogen-bond donors (Lipinski definition) is 2. The first-order valence-electron chi connectivity index (χ1n) is 13.4. The van der Waals surface area contributed by atoms with Crippen molar-refractivity contribution in [2.24, 2.45) is 0 Å². The van der Waals surface area contributed by atoms with Crippen LogP contribution in [0.5, 0.6) is 0 Å². The first-order chi connectivity index (χ1) is 17.5. The first kappa shape index (κ1) is 26.4. The third kappa shape index (κ3) is 5.23. The van der Waals surface area contributed by atoms with Gasteiger partial charge in [-0.05, 0) is 65.1 Å². The fourth-order valence-electron chi connectivity index (χ4n) is 6.70. The van der Waals surface area contributed by atoms with Crippen molar-refractivity contribution in [3.8, 4) is 0 Å². The van der Waals surface area contributed by atoms with E-state index in [1.54, 1.807) is 10.6 Å². The van der Waals surface area contributed by atoms with Gasteiger partial charge in [0.05, 0.1) is 28.6 Å². The summed E-state index contributed by atoms with van der Waals surface area (Å²) in [5.74, 6) is 0.400. The normalized spacial score (nSPS) is 28.4. The van der Waals surface area contributed by atoms with E-state index >= 15 is 0 Å². The highest BCUT2D eigenvalue weighted by Gasteiger charge is 2.42. The maximum Gasteiger partial charge on any atom is 0.337 e. The number of piperidine rings is 1. The molecule has 3 aliphatic rings. The Kier molecular flexibility index (Phi) is 7.25. The fourth-order valence-corrected chi connectivity index (χ4v) is 8.51. The molecule has 5 rings (SSSR count). The largest absolute Gasteiger partial charge is 0.390 e. The lowest BCUT2D eigenvalue weighted by atomic mass is 9.97. The Bertz CT molecular complexity index is 1300. The number of carbonyl (C=O) groups excluding carboxylic acids is 1. The predicted molar refractivity (Wildman–Crippen MR) is 143 cm³/mol. The minimum atomic E-state index is -2.96. The summed E-state index contributed by atoms with van der Waals surface area (Å²) in [6.07, 6.45) is 3.66. The number of aliphatic hydroxyl groups is 1. The summed E-state index contributed by atoms with van der Waals surface area (Å²) in [4.78, 5) is 30.8. The molecule has 0 aliphatic carbocycles. The van der Waals surface area contributed by atoms with E-state index in [4.69, 9.17) is 0 Å². The number of carbonyl (C=O) groups is 1. The van der Waals surface area contributed by atoms with Gasteiger partial charge in [-0.15, -0.1) is 0 Å². The van der Waals surface area contributed by atoms with Gasteiger partial charge in [0.25, 0.3) is 0 Å². The number of aromatic nitrogens is 2. The van der Waals surface area contributed by atoms with E-state index in [2.05, 4.69) is 10.2 Å². The van der Waals surface area contributed by atoms with Gasteiger partial charge in [0, 0.05) is 43.3 Å². The molecule has 1 amide bonds. The zero-order chi connectivity index (χ0) is 26.5. The maximum atomic E-state index is 13.3. The molecule has 4 atom stereocenters. The van der Waals surface area contributed by atoms with Crippen LogP contribution in [0.1, 0.15) is 52.0 Å². The third-order valence-corrected chi connectivity index (χ3v) is 10.2. The third-order valence-electron chi connectivity index (χ3n) is 8.46. The monoisotopic (exact) mass is 533 g/mol. The SMILES string of the molecule is CC(C)n1c(=O)n(C(=O)NC2CC3CCC(C2)N3CC(O)CN(C)C2CCS(=O)(=O)C2)c2ccccc21. The second-order valence-electron chi connectivity index (χ2n) is 11.4. The molecular weight excluding hydrogens is 494 g/mol. The number of benzene rings is 1. The van der Waals surface area contributed by atoms with Crippen LogP contribution in [0.2, 0.25) is 0 Å². The molecule has 37 heavy (non-hydrogen) atoms. The number of rotatable bonds is 7. The number of imidazole rings is 1. The lowest BCUT2D eigenvalue weighted by Gasteiger charge is -2.40. The molecule has 4 unspecified atom stereocenters. The number of nitrogens with zero attached hydrogens (tertiary/aromatic N) is 4. The number of para-hydroxylation sites is 2. The molecule has 2 N–H and O–H groups in total. The smallest absolute Gasteiger partial charge is 0.337 e. The molecule has 4 heterocycles. The summed E-state index contributed by atoms with van der Waals surface area (Å²) in [6, 6.07) is 7.42. The second kappa shape index (κ2) is 10.2. The second-order valence-corrected chi connectivity index (χ2v) is 13.6. The minimum Gasteiger partial charge on any atom is -0.390 e. The summed E-state index contributed by atoms with van der Waals surface area (Å²) >= 11 is 0. The van der Waals surface area contributed by atoms with Gasteiger partial charge < -0.3 is 10.4 Å². The van der Waals surface area contributed by atoms with Crippen molar-refractivity contribution in [3.05, 3.63) is 34.7 Å². The standard InChI is InChI=1S/C26H39N5O5S/c1-17(2)30-23-6-4-5-7-24(23)31(26(30)34)25(33)27-18-12-19-8-9-20(13-18)29(19)15-22(32)14-28(3)21-10-11-37(35,36)16-21/h4-7,17-22,32H,8-16H2,1-3H3,(H,27,33). The van der Waals surface area contributed by atoms with E-state index < -0.39 is 15.9 Å². The van der Waals surface area contributed by atoms with E-state index in [1.165, 1.54) is 4.57 Å². The van der Waals surface area contributed by atoms with Crippen molar-refractivity contribution >= 4 is 26.9 Å². The Labute approximate surface area is 218 Å². The Morgan fingerprint density at radius 1 is 1.14 bits per heavy atom. The van der Waals surface area contributed by atoms with E-state index in [-0.39, 0.29) is 53.4 Å². The molecule has 1 aromatic carbocycles. The van der Waals surface area contributed by atoms with Gasteiger partial charge >= 0.3 is 11.7 Å². The van der Waals surface area contributed by atoms with Crippen LogP contribution in [0.15, 0.2) is 29.1 Å². The lowest BCUT2D eigenvalue weighted by molar-refractivity contribution is 0.0333. The average Bonchev–Trinajstić information content (AvgIpc) is 3.41.